The number of rotatable bonds is 9. The number of nitrogens with one attached hydrogen (secondary N) is 1. The fraction of sp³-hybridized carbons (Fsp3) is 0.267. The van der Waals surface area contributed by atoms with Gasteiger partial charge in [0.25, 0.3) is 5.56 Å². The summed E-state index contributed by atoms with van der Waals surface area (Å²) in [6.07, 6.45) is 3.73. The monoisotopic (exact) mass is 566 g/mol. The fourth-order valence-electron chi connectivity index (χ4n) is 5.47. The third-order valence-electron chi connectivity index (χ3n) is 7.49. The molecule has 0 bridgehead atoms. The minimum Gasteiger partial charge on any atom is -0.465 e. The first-order valence-electron chi connectivity index (χ1n) is 13.8. The Morgan fingerprint density at radius 2 is 1.98 bits per heavy atom. The van der Waals surface area contributed by atoms with Crippen LogP contribution in [-0.4, -0.2) is 65.7 Å². The molecule has 42 heavy (non-hydrogen) atoms. The number of benzene rings is 2. The molecular formula is C30H30N8O4. The normalized spacial score (nSPS) is 14.2. The Morgan fingerprint density at radius 3 is 2.71 bits per heavy atom. The zero-order valence-electron chi connectivity index (χ0n) is 23.3. The number of aryl methyl sites for hydroxylation is 2. The summed E-state index contributed by atoms with van der Waals surface area (Å²) in [4.78, 5) is 34.5. The molecule has 2 N–H and O–H groups in total. The summed E-state index contributed by atoms with van der Waals surface area (Å²) in [5, 5.41) is 21.2. The molecule has 2 aromatic carbocycles. The Hall–Kier alpha value is -5.10. The van der Waals surface area contributed by atoms with Crippen LogP contribution in [0.3, 0.4) is 0 Å². The van der Waals surface area contributed by atoms with Crippen LogP contribution >= 0.6 is 0 Å². The molecule has 1 atom stereocenters. The first-order valence-corrected chi connectivity index (χ1v) is 13.8. The van der Waals surface area contributed by atoms with Gasteiger partial charge in [0.1, 0.15) is 12.2 Å². The number of nitrogens with zero attached hydrogens (tertiary/aromatic N) is 7. The number of hydrogen-bond acceptors (Lipinski definition) is 7. The van der Waals surface area contributed by atoms with E-state index in [1.807, 2.05) is 48.7 Å². The lowest BCUT2D eigenvalue weighted by atomic mass is 10.0. The van der Waals surface area contributed by atoms with Gasteiger partial charge in [-0.25, -0.2) is 9.78 Å². The zero-order valence-corrected chi connectivity index (χ0v) is 23.3. The number of tetrazole rings is 1. The maximum absolute atomic E-state index is 13.5. The predicted molar refractivity (Wildman–Crippen MR) is 156 cm³/mol. The Morgan fingerprint density at radius 1 is 1.14 bits per heavy atom. The van der Waals surface area contributed by atoms with E-state index in [1.165, 1.54) is 11.2 Å². The molecule has 1 aliphatic rings. The molecule has 3 aromatic heterocycles. The van der Waals surface area contributed by atoms with Crippen molar-refractivity contribution in [2.24, 2.45) is 0 Å². The minimum atomic E-state index is -1.03. The first kappa shape index (κ1) is 27.1. The van der Waals surface area contributed by atoms with Gasteiger partial charge in [-0.15, -0.1) is 5.10 Å². The summed E-state index contributed by atoms with van der Waals surface area (Å²) in [5.41, 5.74) is 6.62. The molecule has 0 spiro atoms. The number of amides is 1. The summed E-state index contributed by atoms with van der Waals surface area (Å²) < 4.78 is 8.72. The van der Waals surface area contributed by atoms with Crippen molar-refractivity contribution < 1.29 is 14.6 Å². The van der Waals surface area contributed by atoms with Gasteiger partial charge in [-0.05, 0) is 78.6 Å². The van der Waals surface area contributed by atoms with E-state index in [4.69, 9.17) is 4.74 Å². The largest absolute Gasteiger partial charge is 0.465 e. The number of carbonyl (C=O) groups is 1. The van der Waals surface area contributed by atoms with Gasteiger partial charge in [-0.3, -0.25) is 9.69 Å². The number of aromatic nitrogens is 7. The van der Waals surface area contributed by atoms with Crippen molar-refractivity contribution in [3.63, 3.8) is 0 Å². The molecule has 1 aliphatic heterocycles. The Kier molecular flexibility index (Phi) is 7.36. The Labute approximate surface area is 241 Å². The summed E-state index contributed by atoms with van der Waals surface area (Å²) in [5.74, 6) is 0.705. The lowest BCUT2D eigenvalue weighted by molar-refractivity contribution is 0.150. The van der Waals surface area contributed by atoms with Crippen LogP contribution in [0.4, 0.5) is 10.5 Å². The molecule has 0 radical (unpaired) electrons. The van der Waals surface area contributed by atoms with E-state index < -0.39 is 6.09 Å². The highest BCUT2D eigenvalue weighted by Gasteiger charge is 2.28. The fourth-order valence-corrected chi connectivity index (χ4v) is 5.47. The number of fused-ring (bicyclic) bond motifs is 1. The van der Waals surface area contributed by atoms with Crippen molar-refractivity contribution in [1.29, 1.82) is 0 Å². The summed E-state index contributed by atoms with van der Waals surface area (Å²) in [6.45, 7) is 4.98. The van der Waals surface area contributed by atoms with Crippen LogP contribution in [0.5, 0.6) is 0 Å². The molecule has 0 saturated carbocycles. The maximum Gasteiger partial charge on any atom is 0.411 e. The predicted octanol–water partition coefficient (Wildman–Crippen LogP) is 4.25. The molecule has 5 aromatic rings. The third-order valence-corrected chi connectivity index (χ3v) is 7.49. The zero-order chi connectivity index (χ0) is 29.2. The number of anilines is 1. The number of imidazole rings is 1. The molecule has 0 fully saturated rings. The van der Waals surface area contributed by atoms with Gasteiger partial charge in [0, 0.05) is 29.6 Å². The quantitative estimate of drug-likeness (QED) is 0.252. The SMILES string of the molecule is CCOCCN(C(=O)O)c1ccc(-c2cnc([C@@H]3CCc4cc(-c5cc(C)ccc5-n5cnnn5)cc(=O)n43)[nH]2)cc1. The molecule has 0 aliphatic carbocycles. The summed E-state index contributed by atoms with van der Waals surface area (Å²) >= 11 is 0. The van der Waals surface area contributed by atoms with E-state index in [0.717, 1.165) is 52.2 Å². The van der Waals surface area contributed by atoms with Crippen molar-refractivity contribution in [2.45, 2.75) is 32.7 Å². The maximum atomic E-state index is 13.5. The smallest absolute Gasteiger partial charge is 0.411 e. The van der Waals surface area contributed by atoms with E-state index in [-0.39, 0.29) is 18.1 Å². The molecular weight excluding hydrogens is 536 g/mol. The number of hydrogen-bond donors (Lipinski definition) is 2. The molecule has 214 valence electrons. The second kappa shape index (κ2) is 11.4. The van der Waals surface area contributed by atoms with Crippen LogP contribution in [-0.2, 0) is 11.2 Å². The van der Waals surface area contributed by atoms with Crippen LogP contribution in [0.25, 0.3) is 28.1 Å². The average Bonchev–Trinajstić information content (AvgIpc) is 3.76. The van der Waals surface area contributed by atoms with E-state index in [1.54, 1.807) is 29.1 Å². The van der Waals surface area contributed by atoms with Gasteiger partial charge in [0.15, 0.2) is 0 Å². The van der Waals surface area contributed by atoms with E-state index in [9.17, 15) is 14.7 Å². The van der Waals surface area contributed by atoms with Gasteiger partial charge >= 0.3 is 6.09 Å². The summed E-state index contributed by atoms with van der Waals surface area (Å²) in [7, 11) is 0. The van der Waals surface area contributed by atoms with E-state index >= 15 is 0 Å². The lowest BCUT2D eigenvalue weighted by Gasteiger charge is -2.19. The molecule has 0 unspecified atom stereocenters. The molecule has 4 heterocycles. The molecule has 6 rings (SSSR count). The molecule has 0 saturated heterocycles. The Bertz CT molecular complexity index is 1780. The van der Waals surface area contributed by atoms with Crippen LogP contribution < -0.4 is 10.5 Å². The number of carboxylic acid groups (broad SMARTS) is 1. The van der Waals surface area contributed by atoms with Crippen molar-refractivity contribution >= 4 is 11.8 Å². The number of pyridine rings is 1. The van der Waals surface area contributed by atoms with Gasteiger partial charge in [-0.2, -0.15) is 4.68 Å². The van der Waals surface area contributed by atoms with Crippen molar-refractivity contribution in [2.75, 3.05) is 24.7 Å². The van der Waals surface area contributed by atoms with Crippen molar-refractivity contribution in [3.8, 4) is 28.1 Å². The van der Waals surface area contributed by atoms with E-state index in [0.29, 0.717) is 24.7 Å². The van der Waals surface area contributed by atoms with E-state index in [2.05, 4.69) is 31.6 Å². The van der Waals surface area contributed by atoms with Crippen LogP contribution in [0.15, 0.2) is 71.9 Å². The van der Waals surface area contributed by atoms with Gasteiger partial charge in [-0.1, -0.05) is 23.8 Å². The highest BCUT2D eigenvalue weighted by atomic mass is 16.5. The highest BCUT2D eigenvalue weighted by molar-refractivity contribution is 5.86. The van der Waals surface area contributed by atoms with Gasteiger partial charge in [0.05, 0.1) is 36.8 Å². The second-order valence-electron chi connectivity index (χ2n) is 10.1. The standard InChI is InChI=1S/C30H30N8O4/c1-3-42-13-12-36(30(40)41)22-7-5-20(6-8-22)25-17-31-29(33-25)27-11-9-23-15-21(16-28(39)38(23)27)24-14-19(2)4-10-26(24)37-18-32-34-35-37/h4-8,10,14-18,27H,3,9,11-13H2,1-2H3,(H,31,33)(H,40,41)/t27-/m0/s1. The highest BCUT2D eigenvalue weighted by Crippen LogP contribution is 2.34. The first-order chi connectivity index (χ1) is 20.4. The van der Waals surface area contributed by atoms with Crippen LogP contribution in [0.2, 0.25) is 0 Å². The van der Waals surface area contributed by atoms with Gasteiger partial charge in [0.2, 0.25) is 0 Å². The Balaban J connectivity index is 1.26. The summed E-state index contributed by atoms with van der Waals surface area (Å²) in [6, 6.07) is 16.7. The average molecular weight is 567 g/mol. The molecule has 1 amide bonds. The number of H-pyrrole nitrogens is 1. The second-order valence-corrected chi connectivity index (χ2v) is 10.1. The van der Waals surface area contributed by atoms with Crippen molar-refractivity contribution in [3.05, 3.63) is 94.6 Å². The lowest BCUT2D eigenvalue weighted by Crippen LogP contribution is -2.32. The molecule has 12 nitrogen and oxygen atoms in total. The van der Waals surface area contributed by atoms with Crippen LogP contribution in [0.1, 0.15) is 36.5 Å². The minimum absolute atomic E-state index is 0.0997. The van der Waals surface area contributed by atoms with Crippen LogP contribution in [0, 0.1) is 6.92 Å². The van der Waals surface area contributed by atoms with Crippen molar-refractivity contribution in [1.82, 2.24) is 34.7 Å². The number of aromatic amines is 1. The van der Waals surface area contributed by atoms with Gasteiger partial charge < -0.3 is 19.4 Å². The third kappa shape index (κ3) is 5.19. The topological polar surface area (TPSA) is 144 Å². The number of ether oxygens (including phenoxy) is 1. The molecule has 12 heteroatoms.